The molecule has 1 fully saturated rings. The fourth-order valence-electron chi connectivity index (χ4n) is 1.97. The van der Waals surface area contributed by atoms with E-state index in [1.165, 1.54) is 0 Å². The minimum atomic E-state index is -2.01. The minimum Gasteiger partial charge on any atom is -0.394 e. The molecule has 0 aliphatic carbocycles. The Bertz CT molecular complexity index is 180. The lowest BCUT2D eigenvalue weighted by Crippen LogP contribution is -2.43. The van der Waals surface area contributed by atoms with E-state index in [0.29, 0.717) is 6.10 Å². The van der Waals surface area contributed by atoms with E-state index in [1.807, 2.05) is 13.8 Å². The Kier molecular flexibility index (Phi) is 7.30. The molecule has 0 amide bonds. The molecule has 0 aromatic heterocycles. The Labute approximate surface area is 106 Å². The highest BCUT2D eigenvalue weighted by atomic mass is 28.4. The second-order valence-corrected chi connectivity index (χ2v) is 7.71. The van der Waals surface area contributed by atoms with Gasteiger partial charge in [-0.15, -0.1) is 0 Å². The molecule has 1 unspecified atom stereocenters. The summed E-state index contributed by atoms with van der Waals surface area (Å²) in [5, 5.41) is 0. The lowest BCUT2D eigenvalue weighted by atomic mass is 10.5. The first-order valence-corrected chi connectivity index (χ1v) is 8.96. The van der Waals surface area contributed by atoms with Gasteiger partial charge in [-0.05, 0) is 19.9 Å². The monoisotopic (exact) mass is 262 g/mol. The highest BCUT2D eigenvalue weighted by Crippen LogP contribution is 2.21. The molecule has 0 aromatic rings. The molecule has 1 saturated heterocycles. The van der Waals surface area contributed by atoms with Gasteiger partial charge >= 0.3 is 8.56 Å². The molecule has 5 heteroatoms. The molecule has 0 bridgehead atoms. The van der Waals surface area contributed by atoms with Crippen molar-refractivity contribution in [3.05, 3.63) is 0 Å². The number of hydrogen-bond acceptors (Lipinski definition) is 4. The van der Waals surface area contributed by atoms with Crippen LogP contribution < -0.4 is 0 Å². The number of rotatable bonds is 11. The zero-order valence-corrected chi connectivity index (χ0v) is 12.4. The lowest BCUT2D eigenvalue weighted by Gasteiger charge is -2.29. The predicted molar refractivity (Wildman–Crippen MR) is 69.5 cm³/mol. The molecule has 1 heterocycles. The van der Waals surface area contributed by atoms with Crippen LogP contribution >= 0.6 is 0 Å². The summed E-state index contributed by atoms with van der Waals surface area (Å²) < 4.78 is 22.6. The normalized spacial score (nSPS) is 19.6. The van der Waals surface area contributed by atoms with E-state index in [1.54, 1.807) is 0 Å². The predicted octanol–water partition coefficient (Wildman–Crippen LogP) is 2.33. The third-order valence-corrected chi connectivity index (χ3v) is 6.64. The van der Waals surface area contributed by atoms with Crippen LogP contribution in [0, 0.1) is 0 Å². The number of ether oxygens (including phenoxy) is 2. The van der Waals surface area contributed by atoms with Crippen LogP contribution in [-0.4, -0.2) is 47.7 Å². The van der Waals surface area contributed by atoms with E-state index in [4.69, 9.17) is 18.3 Å². The molecule has 4 nitrogen and oxygen atoms in total. The zero-order valence-electron chi connectivity index (χ0n) is 11.4. The third-order valence-electron chi connectivity index (χ3n) is 2.78. The van der Waals surface area contributed by atoms with Crippen molar-refractivity contribution in [1.82, 2.24) is 0 Å². The summed E-state index contributed by atoms with van der Waals surface area (Å²) in [6, 6.07) is 1.98. The molecular weight excluding hydrogens is 236 g/mol. The van der Waals surface area contributed by atoms with Crippen molar-refractivity contribution in [1.29, 1.82) is 0 Å². The maximum Gasteiger partial charge on any atom is 0.340 e. The van der Waals surface area contributed by atoms with Gasteiger partial charge in [-0.1, -0.05) is 13.3 Å². The molecular formula is C12H26O4Si. The topological polar surface area (TPSA) is 40.2 Å². The fourth-order valence-corrected chi connectivity index (χ4v) is 5.15. The van der Waals surface area contributed by atoms with Crippen LogP contribution in [0.2, 0.25) is 12.1 Å². The van der Waals surface area contributed by atoms with Crippen molar-refractivity contribution >= 4 is 8.56 Å². The molecule has 17 heavy (non-hydrogen) atoms. The minimum absolute atomic E-state index is 0.344. The molecule has 1 rings (SSSR count). The largest absolute Gasteiger partial charge is 0.394 e. The first-order valence-electron chi connectivity index (χ1n) is 6.73. The van der Waals surface area contributed by atoms with Gasteiger partial charge in [0.15, 0.2) is 0 Å². The third kappa shape index (κ3) is 5.97. The summed E-state index contributed by atoms with van der Waals surface area (Å²) in [6.07, 6.45) is 1.45. The summed E-state index contributed by atoms with van der Waals surface area (Å²) in [5.41, 5.74) is 0. The van der Waals surface area contributed by atoms with E-state index in [0.717, 1.165) is 51.5 Å². The van der Waals surface area contributed by atoms with Crippen LogP contribution in [0.5, 0.6) is 0 Å². The molecule has 0 N–H and O–H groups in total. The van der Waals surface area contributed by atoms with Gasteiger partial charge in [-0.25, -0.2) is 0 Å². The van der Waals surface area contributed by atoms with E-state index in [2.05, 4.69) is 6.92 Å². The van der Waals surface area contributed by atoms with Crippen molar-refractivity contribution in [2.75, 3.05) is 33.0 Å². The SMILES string of the molecule is CCC[Si](CCOCC1CO1)(OCC)OCC. The number of epoxide rings is 1. The van der Waals surface area contributed by atoms with Crippen molar-refractivity contribution in [3.63, 3.8) is 0 Å². The molecule has 0 saturated carbocycles. The van der Waals surface area contributed by atoms with Crippen molar-refractivity contribution in [3.8, 4) is 0 Å². The average molecular weight is 262 g/mol. The summed E-state index contributed by atoms with van der Waals surface area (Å²) in [7, 11) is -2.01. The zero-order chi connectivity index (χ0) is 12.6. The Morgan fingerprint density at radius 2 is 1.76 bits per heavy atom. The molecule has 1 aliphatic heterocycles. The molecule has 0 radical (unpaired) electrons. The van der Waals surface area contributed by atoms with Crippen molar-refractivity contribution in [2.45, 2.75) is 45.4 Å². The highest BCUT2D eigenvalue weighted by molar-refractivity contribution is 6.67. The first kappa shape index (κ1) is 15.1. The second kappa shape index (κ2) is 8.21. The molecule has 1 aliphatic rings. The smallest absolute Gasteiger partial charge is 0.340 e. The van der Waals surface area contributed by atoms with Crippen LogP contribution in [-0.2, 0) is 18.3 Å². The molecule has 102 valence electrons. The van der Waals surface area contributed by atoms with Crippen LogP contribution in [0.3, 0.4) is 0 Å². The van der Waals surface area contributed by atoms with Crippen LogP contribution in [0.1, 0.15) is 27.2 Å². The van der Waals surface area contributed by atoms with Gasteiger partial charge in [0.05, 0.1) is 13.2 Å². The second-order valence-electron chi connectivity index (χ2n) is 4.31. The molecule has 1 atom stereocenters. The first-order chi connectivity index (χ1) is 8.26. The van der Waals surface area contributed by atoms with Crippen LogP contribution in [0.4, 0.5) is 0 Å². The van der Waals surface area contributed by atoms with Gasteiger partial charge in [0.25, 0.3) is 0 Å². The maximum absolute atomic E-state index is 5.94. The standard InChI is InChI=1S/C12H26O4Si/c1-4-8-17(15-5-2,16-6-3)9-7-13-10-12-11-14-12/h12H,4-11H2,1-3H3. The van der Waals surface area contributed by atoms with Crippen LogP contribution in [0.25, 0.3) is 0 Å². The Morgan fingerprint density at radius 3 is 2.24 bits per heavy atom. The van der Waals surface area contributed by atoms with Gasteiger partial charge in [-0.3, -0.25) is 0 Å². The molecule has 0 spiro atoms. The van der Waals surface area contributed by atoms with E-state index in [-0.39, 0.29) is 0 Å². The van der Waals surface area contributed by atoms with Crippen molar-refractivity contribution < 1.29 is 18.3 Å². The van der Waals surface area contributed by atoms with Crippen LogP contribution in [0.15, 0.2) is 0 Å². The maximum atomic E-state index is 5.94. The Balaban J connectivity index is 2.29. The molecule has 0 aromatic carbocycles. The van der Waals surface area contributed by atoms with E-state index < -0.39 is 8.56 Å². The average Bonchev–Trinajstić information content (AvgIpc) is 3.09. The van der Waals surface area contributed by atoms with Gasteiger partial charge in [0.2, 0.25) is 0 Å². The van der Waals surface area contributed by atoms with E-state index >= 15 is 0 Å². The lowest BCUT2D eigenvalue weighted by molar-refractivity contribution is 0.112. The summed E-state index contributed by atoms with van der Waals surface area (Å²) in [4.78, 5) is 0. The van der Waals surface area contributed by atoms with Gasteiger partial charge in [-0.2, -0.15) is 0 Å². The summed E-state index contributed by atoms with van der Waals surface area (Å²) >= 11 is 0. The quantitative estimate of drug-likeness (QED) is 0.325. The van der Waals surface area contributed by atoms with E-state index in [9.17, 15) is 0 Å². The van der Waals surface area contributed by atoms with Gasteiger partial charge in [0, 0.05) is 25.9 Å². The highest BCUT2D eigenvalue weighted by Gasteiger charge is 2.36. The summed E-state index contributed by atoms with van der Waals surface area (Å²) in [6.45, 7) is 10.0. The van der Waals surface area contributed by atoms with Gasteiger partial charge < -0.3 is 18.3 Å². The van der Waals surface area contributed by atoms with Crippen molar-refractivity contribution in [2.24, 2.45) is 0 Å². The Hall–Kier alpha value is 0.0569. The van der Waals surface area contributed by atoms with Gasteiger partial charge in [0.1, 0.15) is 6.10 Å². The fraction of sp³-hybridized carbons (Fsp3) is 1.00. The number of hydrogen-bond donors (Lipinski definition) is 0. The Morgan fingerprint density at radius 1 is 1.12 bits per heavy atom. The summed E-state index contributed by atoms with van der Waals surface area (Å²) in [5.74, 6) is 0.